The van der Waals surface area contributed by atoms with E-state index in [4.69, 9.17) is 22.6 Å². The topological polar surface area (TPSA) is 52.9 Å². The zero-order valence-electron chi connectivity index (χ0n) is 18.4. The normalized spacial score (nSPS) is 24.1. The highest BCUT2D eigenvalue weighted by Crippen LogP contribution is 2.29. The van der Waals surface area contributed by atoms with Gasteiger partial charge in [-0.3, -0.25) is 4.79 Å². The van der Waals surface area contributed by atoms with E-state index in [1.54, 1.807) is 0 Å². The van der Waals surface area contributed by atoms with Gasteiger partial charge in [-0.25, -0.2) is 4.99 Å². The average Bonchev–Trinajstić information content (AvgIpc) is 2.73. The van der Waals surface area contributed by atoms with Crippen LogP contribution in [0.2, 0.25) is 5.02 Å². The van der Waals surface area contributed by atoms with Gasteiger partial charge in [0.05, 0.1) is 18.3 Å². The molecule has 2 aromatic carbocycles. The largest absolute Gasteiger partial charge is 0.364 e. The fraction of sp³-hybridized carbons (Fsp3) is 0.125. The van der Waals surface area contributed by atoms with Crippen LogP contribution in [0.4, 0.5) is 5.69 Å². The standard InChI is InChI=1S/C16H13ClN2O2/c1-19-13-8-7-11(17)9-12(13)14(18-15(20)16(19)21)10-5-3-2-4-6-10/h2-9,15,20H,1H3/i1D3,2D,3D,4D,5D,6D. The van der Waals surface area contributed by atoms with Gasteiger partial charge in [-0.2, -0.15) is 0 Å². The van der Waals surface area contributed by atoms with E-state index >= 15 is 0 Å². The molecule has 3 rings (SSSR count). The highest BCUT2D eigenvalue weighted by atomic mass is 35.5. The lowest BCUT2D eigenvalue weighted by atomic mass is 10.0. The molecule has 1 unspecified atom stereocenters. The van der Waals surface area contributed by atoms with E-state index in [0.29, 0.717) is 4.90 Å². The van der Waals surface area contributed by atoms with Crippen molar-refractivity contribution in [3.63, 3.8) is 0 Å². The van der Waals surface area contributed by atoms with Crippen LogP contribution in [0.1, 0.15) is 22.1 Å². The van der Waals surface area contributed by atoms with Crippen LogP contribution in [0.25, 0.3) is 0 Å². The summed E-state index contributed by atoms with van der Waals surface area (Å²) in [7, 11) is 0. The van der Waals surface area contributed by atoms with Gasteiger partial charge in [-0.05, 0) is 18.2 Å². The van der Waals surface area contributed by atoms with E-state index in [1.165, 1.54) is 18.2 Å². The third kappa shape index (κ3) is 2.44. The number of rotatable bonds is 1. The summed E-state index contributed by atoms with van der Waals surface area (Å²) in [4.78, 5) is 16.7. The second-order valence-electron chi connectivity index (χ2n) is 4.19. The number of halogens is 1. The van der Waals surface area contributed by atoms with Crippen molar-refractivity contribution in [2.24, 2.45) is 4.99 Å². The Balaban J connectivity index is 2.44. The molecule has 1 amide bonds. The summed E-state index contributed by atoms with van der Waals surface area (Å²) in [5.41, 5.74) is -0.996. The van der Waals surface area contributed by atoms with Crippen LogP contribution < -0.4 is 4.90 Å². The maximum absolute atomic E-state index is 12.6. The molecule has 0 aliphatic carbocycles. The number of benzene rings is 2. The third-order valence-electron chi connectivity index (χ3n) is 2.88. The first-order valence-corrected chi connectivity index (χ1v) is 6.21. The quantitative estimate of drug-likeness (QED) is 0.880. The zero-order valence-corrected chi connectivity index (χ0v) is 11.2. The van der Waals surface area contributed by atoms with E-state index in [0.717, 1.165) is 0 Å². The summed E-state index contributed by atoms with van der Waals surface area (Å²) in [5.74, 6) is -1.25. The number of likely N-dealkylation sites (N-methyl/N-ethyl adjacent to an activating group) is 1. The Hall–Kier alpha value is -2.17. The molecular formula is C16H13ClN2O2. The van der Waals surface area contributed by atoms with E-state index < -0.39 is 54.9 Å². The number of hydrogen-bond donors (Lipinski definition) is 1. The van der Waals surface area contributed by atoms with Gasteiger partial charge in [0.1, 0.15) is 0 Å². The van der Waals surface area contributed by atoms with Crippen molar-refractivity contribution in [1.82, 2.24) is 0 Å². The van der Waals surface area contributed by atoms with Gasteiger partial charge >= 0.3 is 0 Å². The summed E-state index contributed by atoms with van der Waals surface area (Å²) in [6.45, 7) is -2.98. The third-order valence-corrected chi connectivity index (χ3v) is 3.12. The molecule has 1 N–H and O–H groups in total. The van der Waals surface area contributed by atoms with Gasteiger partial charge in [0.2, 0.25) is 6.23 Å². The fourth-order valence-corrected chi connectivity index (χ4v) is 2.11. The van der Waals surface area contributed by atoms with Gasteiger partial charge in [0.25, 0.3) is 5.91 Å². The Bertz CT molecular complexity index is 1040. The highest BCUT2D eigenvalue weighted by molar-refractivity contribution is 6.32. The number of aliphatic imine (C=N–C) groups is 1. The summed E-state index contributed by atoms with van der Waals surface area (Å²) in [5, 5.41) is 10.3. The fourth-order valence-electron chi connectivity index (χ4n) is 1.94. The number of aliphatic hydroxyl groups excluding tert-OH is 1. The maximum Gasteiger partial charge on any atom is 0.278 e. The van der Waals surface area contributed by atoms with Crippen molar-refractivity contribution >= 4 is 28.9 Å². The molecular weight excluding hydrogens is 288 g/mol. The number of benzodiazepines with no additional fused rings is 1. The molecule has 21 heavy (non-hydrogen) atoms. The maximum atomic E-state index is 12.6. The minimum atomic E-state index is -2.98. The van der Waals surface area contributed by atoms with E-state index in [9.17, 15) is 9.90 Å². The smallest absolute Gasteiger partial charge is 0.278 e. The molecule has 106 valence electrons. The Morgan fingerprint density at radius 3 is 2.86 bits per heavy atom. The summed E-state index contributed by atoms with van der Waals surface area (Å²) >= 11 is 6.03. The van der Waals surface area contributed by atoms with E-state index in [-0.39, 0.29) is 22.0 Å². The molecule has 2 aromatic rings. The highest BCUT2D eigenvalue weighted by Gasteiger charge is 2.28. The Morgan fingerprint density at radius 1 is 1.38 bits per heavy atom. The number of fused-ring (bicyclic) bond motifs is 1. The molecule has 1 atom stereocenters. The minimum Gasteiger partial charge on any atom is -0.364 e. The van der Waals surface area contributed by atoms with Gasteiger partial charge in [0.15, 0.2) is 0 Å². The van der Waals surface area contributed by atoms with Crippen molar-refractivity contribution < 1.29 is 20.9 Å². The first-order valence-electron chi connectivity index (χ1n) is 9.83. The van der Waals surface area contributed by atoms with Crippen molar-refractivity contribution in [2.75, 3.05) is 11.9 Å². The number of aliphatic hydroxyl groups is 1. The average molecular weight is 309 g/mol. The second-order valence-corrected chi connectivity index (χ2v) is 4.62. The summed E-state index contributed by atoms with van der Waals surface area (Å²) < 4.78 is 62.7. The van der Waals surface area contributed by atoms with Crippen molar-refractivity contribution in [3.8, 4) is 0 Å². The number of amides is 1. The van der Waals surface area contributed by atoms with Gasteiger partial charge in [0, 0.05) is 27.2 Å². The molecule has 0 saturated heterocycles. The monoisotopic (exact) mass is 308 g/mol. The number of carbonyl (C=O) groups is 1. The van der Waals surface area contributed by atoms with Crippen molar-refractivity contribution in [1.29, 1.82) is 0 Å². The molecule has 5 heteroatoms. The molecule has 0 radical (unpaired) electrons. The van der Waals surface area contributed by atoms with Crippen LogP contribution in [0.15, 0.2) is 53.4 Å². The molecule has 0 saturated carbocycles. The summed E-state index contributed by atoms with van der Waals surface area (Å²) in [6.07, 6.45) is -2.17. The van der Waals surface area contributed by atoms with Gasteiger partial charge < -0.3 is 10.0 Å². The van der Waals surface area contributed by atoms with Crippen molar-refractivity contribution in [2.45, 2.75) is 6.23 Å². The molecule has 0 bridgehead atoms. The van der Waals surface area contributed by atoms with Crippen molar-refractivity contribution in [3.05, 3.63) is 64.6 Å². The predicted octanol–water partition coefficient (Wildman–Crippen LogP) is 2.47. The first-order chi connectivity index (χ1) is 13.4. The Kier molecular flexibility index (Phi) is 1.82. The lowest BCUT2D eigenvalue weighted by Crippen LogP contribution is -2.34. The molecule has 4 nitrogen and oxygen atoms in total. The Labute approximate surface area is 138 Å². The number of anilines is 1. The van der Waals surface area contributed by atoms with Crippen LogP contribution in [0.5, 0.6) is 0 Å². The molecule has 0 aromatic heterocycles. The van der Waals surface area contributed by atoms with E-state index in [1.807, 2.05) is 0 Å². The SMILES string of the molecule is [2H]c1c([2H])c([2H])c(C2=NC(O)C(=O)N(C([2H])([2H])[2H])c3ccc(Cl)cc32)c([2H])c1[2H]. The Morgan fingerprint density at radius 2 is 2.14 bits per heavy atom. The second kappa shape index (κ2) is 5.31. The molecule has 0 fully saturated rings. The minimum absolute atomic E-state index is 0.0722. The van der Waals surface area contributed by atoms with E-state index in [2.05, 4.69) is 4.99 Å². The zero-order chi connectivity index (χ0) is 21.8. The molecule has 1 aliphatic heterocycles. The number of carbonyl (C=O) groups excluding carboxylic acids is 1. The van der Waals surface area contributed by atoms with Gasteiger partial charge in [-0.15, -0.1) is 0 Å². The summed E-state index contributed by atoms with van der Waals surface area (Å²) in [6, 6.07) is 0.625. The number of hydrogen-bond acceptors (Lipinski definition) is 3. The van der Waals surface area contributed by atoms with Crippen LogP contribution in [0.3, 0.4) is 0 Å². The molecule has 1 aliphatic rings. The lowest BCUT2D eigenvalue weighted by Gasteiger charge is -2.18. The van der Waals surface area contributed by atoms with Crippen LogP contribution in [-0.4, -0.2) is 29.9 Å². The van der Waals surface area contributed by atoms with Crippen LogP contribution >= 0.6 is 11.6 Å². The number of nitrogens with zero attached hydrogens (tertiary/aromatic N) is 2. The van der Waals surface area contributed by atoms with Crippen LogP contribution in [-0.2, 0) is 4.79 Å². The molecule has 0 spiro atoms. The first kappa shape index (κ1) is 7.20. The van der Waals surface area contributed by atoms with Gasteiger partial charge in [-0.1, -0.05) is 41.8 Å². The predicted molar refractivity (Wildman–Crippen MR) is 82.9 cm³/mol. The molecule has 1 heterocycles. The van der Waals surface area contributed by atoms with Crippen LogP contribution in [0, 0.1) is 0 Å². The lowest BCUT2D eigenvalue weighted by molar-refractivity contribution is -0.125.